The van der Waals surface area contributed by atoms with E-state index in [0.29, 0.717) is 8.37 Å². The van der Waals surface area contributed by atoms with E-state index in [-0.39, 0.29) is 0 Å². The molecule has 0 radical (unpaired) electrons. The lowest BCUT2D eigenvalue weighted by molar-refractivity contribution is 1.08. The summed E-state index contributed by atoms with van der Waals surface area (Å²) >= 11 is 0. The number of nitrogens with zero attached hydrogens (tertiary/aromatic N) is 2. The summed E-state index contributed by atoms with van der Waals surface area (Å²) in [6.45, 7) is 0. The van der Waals surface area contributed by atoms with Crippen molar-refractivity contribution in [2.24, 2.45) is 0 Å². The molecule has 0 saturated heterocycles. The van der Waals surface area contributed by atoms with Gasteiger partial charge in [0.2, 0.25) is 0 Å². The van der Waals surface area contributed by atoms with Gasteiger partial charge in [-0.2, -0.15) is 0 Å². The van der Waals surface area contributed by atoms with Gasteiger partial charge in [0, 0.05) is 41.9 Å². The van der Waals surface area contributed by atoms with Crippen molar-refractivity contribution in [3.05, 3.63) is 18.2 Å². The first-order valence-electron chi connectivity index (χ1n) is 4.43. The second-order valence-corrected chi connectivity index (χ2v) is 4.25. The smallest absolute Gasteiger partial charge is 0.0733 e. The summed E-state index contributed by atoms with van der Waals surface area (Å²) in [6, 6.07) is 6.07. The number of benzene rings is 1. The lowest BCUT2D eigenvalue weighted by Crippen LogP contribution is -2.21. The van der Waals surface area contributed by atoms with Gasteiger partial charge in [0.15, 0.2) is 0 Å². The number of rotatable bonds is 3. The molecule has 3 nitrogen and oxygen atoms in total. The van der Waals surface area contributed by atoms with Crippen molar-refractivity contribution in [2.45, 2.75) is 0 Å². The minimum absolute atomic E-state index is 0.565. The molecule has 0 bridgehead atoms. The molecule has 0 aliphatic rings. The van der Waals surface area contributed by atoms with Crippen molar-refractivity contribution < 1.29 is 0 Å². The van der Waals surface area contributed by atoms with Crippen LogP contribution in [0, 0.1) is 5.16 Å². The molecule has 0 unspecified atom stereocenters. The lowest BCUT2D eigenvalue weighted by Gasteiger charge is -2.23. The summed E-state index contributed by atoms with van der Waals surface area (Å²) in [4.78, 5) is 4.14. The van der Waals surface area contributed by atoms with E-state index >= 15 is 0 Å². The predicted octanol–water partition coefficient (Wildman–Crippen LogP) is 2.15. The van der Waals surface area contributed by atoms with Crippen LogP contribution >= 0.6 is 8.37 Å². The van der Waals surface area contributed by atoms with Crippen LogP contribution < -0.4 is 15.1 Å². The zero-order chi connectivity index (χ0) is 10.7. The molecule has 1 N–H and O–H groups in total. The van der Waals surface area contributed by atoms with Crippen LogP contribution in [0.15, 0.2) is 18.2 Å². The van der Waals surface area contributed by atoms with Crippen molar-refractivity contribution in [3.63, 3.8) is 0 Å². The van der Waals surface area contributed by atoms with Crippen LogP contribution in [0.3, 0.4) is 0 Å². The van der Waals surface area contributed by atoms with Gasteiger partial charge in [-0.3, -0.25) is 5.16 Å². The quantitative estimate of drug-likeness (QED) is 0.773. The fourth-order valence-electron chi connectivity index (χ4n) is 1.43. The third-order valence-corrected chi connectivity index (χ3v) is 2.64. The molecular formula is C10H16N3P. The van der Waals surface area contributed by atoms with Gasteiger partial charge in [-0.25, -0.2) is 0 Å². The van der Waals surface area contributed by atoms with Crippen LogP contribution in [-0.2, 0) is 0 Å². The van der Waals surface area contributed by atoms with Crippen LogP contribution in [0.25, 0.3) is 0 Å². The monoisotopic (exact) mass is 209 g/mol. The van der Waals surface area contributed by atoms with E-state index in [4.69, 9.17) is 5.16 Å². The molecule has 0 spiro atoms. The molecule has 76 valence electrons. The molecular weight excluding hydrogens is 193 g/mol. The lowest BCUT2D eigenvalue weighted by atomic mass is 10.2. The molecule has 0 aromatic heterocycles. The minimum Gasteiger partial charge on any atom is -0.376 e. The molecule has 0 heterocycles. The van der Waals surface area contributed by atoms with Crippen molar-refractivity contribution >= 4 is 25.1 Å². The normalized spacial score (nSPS) is 10.3. The van der Waals surface area contributed by atoms with E-state index in [9.17, 15) is 0 Å². The van der Waals surface area contributed by atoms with Crippen LogP contribution in [0.5, 0.6) is 0 Å². The van der Waals surface area contributed by atoms with E-state index in [0.717, 1.165) is 16.7 Å². The van der Waals surface area contributed by atoms with Crippen LogP contribution in [0.4, 0.5) is 11.4 Å². The van der Waals surface area contributed by atoms with Gasteiger partial charge < -0.3 is 9.80 Å². The maximum Gasteiger partial charge on any atom is 0.0733 e. The first-order chi connectivity index (χ1) is 6.57. The van der Waals surface area contributed by atoms with Crippen molar-refractivity contribution in [2.75, 3.05) is 38.0 Å². The minimum atomic E-state index is 0.565. The standard InChI is InChI=1S/C10H16N3P/c1-12(2)8-6-5-7-9(14-11)10(8)13(3)4/h5-7,11H,1-4H3. The fraction of sp³-hybridized carbons (Fsp3) is 0.400. The van der Waals surface area contributed by atoms with Gasteiger partial charge in [0.05, 0.1) is 11.4 Å². The Balaban J connectivity index is 3.35. The Morgan fingerprint density at radius 1 is 1.07 bits per heavy atom. The summed E-state index contributed by atoms with van der Waals surface area (Å²) in [5.74, 6) is 0. The number of para-hydroxylation sites is 1. The summed E-state index contributed by atoms with van der Waals surface area (Å²) in [5.41, 5.74) is 2.29. The van der Waals surface area contributed by atoms with Gasteiger partial charge in [-0.15, -0.1) is 0 Å². The van der Waals surface area contributed by atoms with E-state index in [1.54, 1.807) is 0 Å². The van der Waals surface area contributed by atoms with E-state index in [2.05, 4.69) is 15.9 Å². The summed E-state index contributed by atoms with van der Waals surface area (Å²) in [7, 11) is 8.63. The molecule has 1 aromatic rings. The van der Waals surface area contributed by atoms with E-state index < -0.39 is 0 Å². The number of hydrogen-bond donors (Lipinski definition) is 1. The van der Waals surface area contributed by atoms with Gasteiger partial charge in [-0.05, 0) is 12.1 Å². The van der Waals surface area contributed by atoms with Gasteiger partial charge in [0.1, 0.15) is 0 Å². The summed E-state index contributed by atoms with van der Waals surface area (Å²) < 4.78 is 0. The number of hydrogen-bond acceptors (Lipinski definition) is 3. The zero-order valence-corrected chi connectivity index (χ0v) is 9.97. The van der Waals surface area contributed by atoms with Gasteiger partial charge in [0.25, 0.3) is 0 Å². The molecule has 1 aromatic carbocycles. The Morgan fingerprint density at radius 2 is 1.71 bits per heavy atom. The first-order valence-corrected chi connectivity index (χ1v) is 5.32. The first kappa shape index (κ1) is 11.0. The maximum absolute atomic E-state index is 7.44. The third-order valence-electron chi connectivity index (χ3n) is 2.04. The maximum atomic E-state index is 7.44. The summed E-state index contributed by atoms with van der Waals surface area (Å²) in [5, 5.41) is 8.49. The van der Waals surface area contributed by atoms with Crippen LogP contribution in [-0.4, -0.2) is 28.2 Å². The molecule has 14 heavy (non-hydrogen) atoms. The third kappa shape index (κ3) is 2.05. The van der Waals surface area contributed by atoms with Gasteiger partial charge in [-0.1, -0.05) is 6.07 Å². The van der Waals surface area contributed by atoms with Gasteiger partial charge >= 0.3 is 0 Å². The highest BCUT2D eigenvalue weighted by Crippen LogP contribution is 2.26. The molecule has 1 rings (SSSR count). The van der Waals surface area contributed by atoms with Crippen LogP contribution in [0.1, 0.15) is 0 Å². The van der Waals surface area contributed by atoms with Crippen molar-refractivity contribution in [1.82, 2.24) is 0 Å². The topological polar surface area (TPSA) is 30.3 Å². The molecule has 0 aliphatic heterocycles. The number of nitrogens with one attached hydrogen (secondary N) is 1. The number of anilines is 2. The molecule has 0 saturated carbocycles. The average Bonchev–Trinajstić information content (AvgIpc) is 2.16. The van der Waals surface area contributed by atoms with E-state index in [1.807, 2.05) is 40.3 Å². The fourth-order valence-corrected chi connectivity index (χ4v) is 2.01. The molecule has 0 fully saturated rings. The Bertz CT molecular complexity index is 334. The Kier molecular flexibility index (Phi) is 3.48. The second-order valence-electron chi connectivity index (χ2n) is 3.55. The van der Waals surface area contributed by atoms with Crippen LogP contribution in [0.2, 0.25) is 0 Å². The molecule has 0 aliphatic carbocycles. The van der Waals surface area contributed by atoms with Crippen molar-refractivity contribution in [3.8, 4) is 0 Å². The van der Waals surface area contributed by atoms with Crippen molar-refractivity contribution in [1.29, 1.82) is 5.16 Å². The highest BCUT2D eigenvalue weighted by molar-refractivity contribution is 7.35. The highest BCUT2D eigenvalue weighted by Gasteiger charge is 2.10. The Hall–Kier alpha value is -1.08. The molecule has 0 atom stereocenters. The molecule has 0 amide bonds. The largest absolute Gasteiger partial charge is 0.376 e. The highest BCUT2D eigenvalue weighted by atomic mass is 31.1. The Morgan fingerprint density at radius 3 is 2.14 bits per heavy atom. The van der Waals surface area contributed by atoms with E-state index in [1.165, 1.54) is 0 Å². The Labute approximate surface area is 87.0 Å². The second kappa shape index (κ2) is 4.43. The SMILES string of the molecule is CN(C)c1cccc(P=N)c1N(C)C. The molecule has 4 heteroatoms. The predicted molar refractivity (Wildman–Crippen MR) is 64.4 cm³/mol. The zero-order valence-electron chi connectivity index (χ0n) is 9.07. The summed E-state index contributed by atoms with van der Waals surface area (Å²) in [6.07, 6.45) is 0. The average molecular weight is 209 g/mol.